The number of aliphatic imine (C=N–C) groups is 1. The van der Waals surface area contributed by atoms with Gasteiger partial charge in [-0.3, -0.25) is 9.69 Å². The van der Waals surface area contributed by atoms with Gasteiger partial charge >= 0.3 is 0 Å². The third kappa shape index (κ3) is 9.01. The molecule has 248 valence electrons. The molecule has 0 spiro atoms. The molecule has 0 saturated carbocycles. The van der Waals surface area contributed by atoms with Crippen molar-refractivity contribution in [2.24, 2.45) is 10.7 Å². The van der Waals surface area contributed by atoms with Gasteiger partial charge in [-0.15, -0.1) is 0 Å². The quantitative estimate of drug-likeness (QED) is 0.0777. The molecule has 1 aromatic carbocycles. The van der Waals surface area contributed by atoms with Crippen LogP contribution in [0.5, 0.6) is 5.88 Å². The van der Waals surface area contributed by atoms with Gasteiger partial charge in [0.1, 0.15) is 24.1 Å². The molecule has 1 fully saturated rings. The molecule has 6 N–H and O–H groups in total. The lowest BCUT2D eigenvalue weighted by Crippen LogP contribution is -2.33. The number of aromatic amines is 1. The first-order valence-electron chi connectivity index (χ1n) is 15.7. The predicted octanol–water partition coefficient (Wildman–Crippen LogP) is 3.29. The van der Waals surface area contributed by atoms with Crippen molar-refractivity contribution in [2.75, 3.05) is 64.5 Å². The molecule has 3 aromatic heterocycles. The number of carbonyl (C=O) groups excluding carboxylic acids is 1. The van der Waals surface area contributed by atoms with Crippen LogP contribution >= 0.6 is 0 Å². The van der Waals surface area contributed by atoms with E-state index >= 15 is 0 Å². The molecule has 14 nitrogen and oxygen atoms in total. The minimum absolute atomic E-state index is 0.0577. The van der Waals surface area contributed by atoms with Crippen LogP contribution in [0.25, 0.3) is 22.2 Å². The van der Waals surface area contributed by atoms with Crippen molar-refractivity contribution in [3.8, 4) is 17.1 Å². The number of nitrogens with two attached hydrogens (primary N) is 1. The van der Waals surface area contributed by atoms with E-state index in [9.17, 15) is 4.79 Å². The normalized spacial score (nSPS) is 15.7. The average Bonchev–Trinajstić information content (AvgIpc) is 3.67. The lowest BCUT2D eigenvalue weighted by atomic mass is 10.1. The van der Waals surface area contributed by atoms with Crippen LogP contribution in [0.3, 0.4) is 0 Å². The maximum atomic E-state index is 13.2. The van der Waals surface area contributed by atoms with Crippen molar-refractivity contribution in [1.29, 1.82) is 0 Å². The van der Waals surface area contributed by atoms with Crippen molar-refractivity contribution < 1.29 is 9.53 Å². The summed E-state index contributed by atoms with van der Waals surface area (Å²) in [6.07, 6.45) is 8.61. The lowest BCUT2D eigenvalue weighted by molar-refractivity contribution is -0.117. The number of anilines is 2. The van der Waals surface area contributed by atoms with Crippen LogP contribution in [-0.4, -0.2) is 106 Å². The van der Waals surface area contributed by atoms with Crippen LogP contribution in [0.2, 0.25) is 0 Å². The van der Waals surface area contributed by atoms with Crippen molar-refractivity contribution in [2.45, 2.75) is 32.8 Å². The first-order chi connectivity index (χ1) is 22.7. The maximum absolute atomic E-state index is 13.2. The number of amidine groups is 1. The van der Waals surface area contributed by atoms with E-state index < -0.39 is 0 Å². The van der Waals surface area contributed by atoms with Crippen LogP contribution in [-0.2, 0) is 4.79 Å². The third-order valence-corrected chi connectivity index (χ3v) is 7.81. The number of aryl methyl sites for hydroxylation is 1. The number of rotatable bonds is 14. The second kappa shape index (κ2) is 15.5. The highest BCUT2D eigenvalue weighted by Crippen LogP contribution is 2.33. The largest absolute Gasteiger partial charge is 0.473 e. The minimum Gasteiger partial charge on any atom is -0.473 e. The summed E-state index contributed by atoms with van der Waals surface area (Å²) in [5.74, 6) is 1.74. The smallest absolute Gasteiger partial charge is 0.251 e. The Morgan fingerprint density at radius 1 is 1.28 bits per heavy atom. The Morgan fingerprint density at radius 2 is 2.13 bits per heavy atom. The van der Waals surface area contributed by atoms with Crippen LogP contribution in [0.4, 0.5) is 17.5 Å². The maximum Gasteiger partial charge on any atom is 0.251 e. The van der Waals surface area contributed by atoms with Crippen LogP contribution in [0.1, 0.15) is 25.3 Å². The van der Waals surface area contributed by atoms with Gasteiger partial charge in [0.05, 0.1) is 23.4 Å². The summed E-state index contributed by atoms with van der Waals surface area (Å²) in [5, 5.41) is 10.3. The van der Waals surface area contributed by atoms with Crippen LogP contribution in [0, 0.1) is 6.92 Å². The van der Waals surface area contributed by atoms with Crippen molar-refractivity contribution in [3.63, 3.8) is 0 Å². The monoisotopic (exact) mass is 640 g/mol. The molecule has 0 unspecified atom stereocenters. The highest BCUT2D eigenvalue weighted by molar-refractivity contribution is 6.06. The van der Waals surface area contributed by atoms with E-state index in [-0.39, 0.29) is 24.5 Å². The van der Waals surface area contributed by atoms with Gasteiger partial charge in [-0.1, -0.05) is 12.1 Å². The molecule has 1 amide bonds. The predicted molar refractivity (Wildman–Crippen MR) is 186 cm³/mol. The Morgan fingerprint density at radius 3 is 2.94 bits per heavy atom. The minimum atomic E-state index is -0.101. The number of allylic oxidation sites excluding steroid dienone is 1. The highest BCUT2D eigenvalue weighted by atomic mass is 16.5. The molecule has 14 heteroatoms. The van der Waals surface area contributed by atoms with E-state index in [0.29, 0.717) is 23.9 Å². The van der Waals surface area contributed by atoms with Gasteiger partial charge < -0.3 is 36.3 Å². The van der Waals surface area contributed by atoms with E-state index in [1.54, 1.807) is 12.3 Å². The van der Waals surface area contributed by atoms with Crippen molar-refractivity contribution in [1.82, 2.24) is 40.0 Å². The standard InChI is InChI=1S/C33H44N12O2/c1-21-16-38-33(42-27(34)14-22(2)35-3)43-31(21)25-17-37-32-24(25)8-6-9-26(32)41-29(46)19-45-13-10-23(18-45)47-30-15-28(39-20-40-30)36-11-7-12-44(4)5/h6,8-9,14-17,20,23,35,37H,7,10-13,18-19H2,1-5H3,(H,41,46)(H,36,39,40)(H2,34,38,42,43)/b22-14-/t23-/m0/s1. The molecule has 0 aliphatic carbocycles. The van der Waals surface area contributed by atoms with Gasteiger partial charge in [0, 0.05) is 61.8 Å². The zero-order valence-electron chi connectivity index (χ0n) is 27.7. The first kappa shape index (κ1) is 33.3. The molecule has 1 saturated heterocycles. The molecule has 1 aliphatic rings. The molecule has 1 aliphatic heterocycles. The fourth-order valence-electron chi connectivity index (χ4n) is 5.37. The number of likely N-dealkylation sites (tertiary alicyclic amines) is 1. The first-order valence-corrected chi connectivity index (χ1v) is 15.7. The number of ether oxygens (including phenoxy) is 1. The molecule has 4 aromatic rings. The summed E-state index contributed by atoms with van der Waals surface area (Å²) >= 11 is 0. The van der Waals surface area contributed by atoms with Gasteiger partial charge in [-0.25, -0.2) is 19.9 Å². The van der Waals surface area contributed by atoms with Crippen LogP contribution < -0.4 is 26.4 Å². The second-order valence-electron chi connectivity index (χ2n) is 11.9. The number of fused-ring (bicyclic) bond motifs is 1. The Labute approximate surface area is 275 Å². The number of carbonyl (C=O) groups is 1. The fraction of sp³-hybridized carbons (Fsp3) is 0.394. The number of H-pyrrole nitrogens is 1. The summed E-state index contributed by atoms with van der Waals surface area (Å²) in [7, 11) is 5.93. The Balaban J connectivity index is 1.19. The van der Waals surface area contributed by atoms with Gasteiger partial charge in [-0.2, -0.15) is 4.99 Å². The van der Waals surface area contributed by atoms with E-state index in [1.807, 2.05) is 51.4 Å². The van der Waals surface area contributed by atoms with E-state index in [2.05, 4.69) is 64.8 Å². The number of benzene rings is 1. The highest BCUT2D eigenvalue weighted by Gasteiger charge is 2.26. The fourth-order valence-corrected chi connectivity index (χ4v) is 5.37. The van der Waals surface area contributed by atoms with E-state index in [0.717, 1.165) is 71.7 Å². The number of amides is 1. The number of hydrogen-bond donors (Lipinski definition) is 5. The SMILES string of the molecule is CN/C(C)=C\C(N)=Nc1ncc(C)c(-c2c[nH]c3c(NC(=O)CN4CC[C@H](Oc5cc(NCCCN(C)C)ncn5)C4)cccc23)n1. The molecular weight excluding hydrogens is 596 g/mol. The van der Waals surface area contributed by atoms with Gasteiger partial charge in [0.15, 0.2) is 0 Å². The molecule has 0 bridgehead atoms. The number of aromatic nitrogens is 5. The van der Waals surface area contributed by atoms with E-state index in [4.69, 9.17) is 15.5 Å². The van der Waals surface area contributed by atoms with Gasteiger partial charge in [0.2, 0.25) is 11.8 Å². The third-order valence-electron chi connectivity index (χ3n) is 7.81. The lowest BCUT2D eigenvalue weighted by Gasteiger charge is -2.17. The Bertz CT molecular complexity index is 1750. The Hall–Kier alpha value is -5.08. The molecule has 4 heterocycles. The molecule has 1 atom stereocenters. The number of nitrogens with zero attached hydrogens (tertiary/aromatic N) is 7. The average molecular weight is 641 g/mol. The number of hydrogen-bond acceptors (Lipinski definition) is 11. The zero-order chi connectivity index (χ0) is 33.3. The summed E-state index contributed by atoms with van der Waals surface area (Å²) in [4.78, 5) is 42.7. The van der Waals surface area contributed by atoms with Crippen molar-refractivity contribution in [3.05, 3.63) is 60.3 Å². The molecule has 47 heavy (non-hydrogen) atoms. The number of nitrogens with one attached hydrogen (secondary N) is 4. The Kier molecular flexibility index (Phi) is 11.0. The second-order valence-corrected chi connectivity index (χ2v) is 11.9. The van der Waals surface area contributed by atoms with E-state index in [1.165, 1.54) is 6.33 Å². The molecule has 0 radical (unpaired) electrons. The van der Waals surface area contributed by atoms with Gasteiger partial charge in [0.25, 0.3) is 5.95 Å². The topological polar surface area (TPSA) is 175 Å². The summed E-state index contributed by atoms with van der Waals surface area (Å²) in [6, 6.07) is 7.62. The zero-order valence-corrected chi connectivity index (χ0v) is 27.7. The summed E-state index contributed by atoms with van der Waals surface area (Å²) < 4.78 is 6.15. The summed E-state index contributed by atoms with van der Waals surface area (Å²) in [5.41, 5.74) is 10.9. The van der Waals surface area contributed by atoms with Crippen molar-refractivity contribution >= 4 is 40.1 Å². The summed E-state index contributed by atoms with van der Waals surface area (Å²) in [6.45, 7) is 7.30. The van der Waals surface area contributed by atoms with Gasteiger partial charge in [-0.05, 0) is 65.0 Å². The van der Waals surface area contributed by atoms with Crippen LogP contribution in [0.15, 0.2) is 59.8 Å². The number of para-hydroxylation sites is 1. The molecular formula is C33H44N12O2. The molecule has 5 rings (SSSR count).